The topological polar surface area (TPSA) is 12.5 Å². The summed E-state index contributed by atoms with van der Waals surface area (Å²) in [7, 11) is 2.16. The Morgan fingerprint density at radius 2 is 1.67 bits per heavy atom. The zero-order valence-corrected chi connectivity index (χ0v) is 12.1. The van der Waals surface area contributed by atoms with Gasteiger partial charge < -0.3 is 9.64 Å². The highest BCUT2D eigenvalue weighted by atomic mass is 16.5. The van der Waals surface area contributed by atoms with Gasteiger partial charge in [-0.25, -0.2) is 0 Å². The van der Waals surface area contributed by atoms with Gasteiger partial charge in [0.15, 0.2) is 0 Å². The smallest absolute Gasteiger partial charge is 0.0518 e. The first-order chi connectivity index (χ1) is 6.90. The van der Waals surface area contributed by atoms with Crippen molar-refractivity contribution in [2.24, 2.45) is 0 Å². The molecule has 2 nitrogen and oxygen atoms in total. The van der Waals surface area contributed by atoms with Crippen molar-refractivity contribution in [1.29, 1.82) is 0 Å². The molecule has 2 heteroatoms. The summed E-state index contributed by atoms with van der Waals surface area (Å²) >= 11 is 0. The van der Waals surface area contributed by atoms with Gasteiger partial charge in [-0.1, -0.05) is 20.8 Å². The van der Waals surface area contributed by atoms with Gasteiger partial charge in [-0.05, 0) is 47.7 Å². The molecule has 0 amide bonds. The first kappa shape index (κ1) is 17.3. The van der Waals surface area contributed by atoms with Gasteiger partial charge in [0.1, 0.15) is 0 Å². The molecule has 0 bridgehead atoms. The summed E-state index contributed by atoms with van der Waals surface area (Å²) < 4.78 is 5.55. The van der Waals surface area contributed by atoms with Crippen LogP contribution in [-0.2, 0) is 4.74 Å². The number of hydrogen-bond acceptors (Lipinski definition) is 2. The summed E-state index contributed by atoms with van der Waals surface area (Å²) in [6, 6.07) is 0. The molecule has 0 rings (SSSR count). The zero-order valence-electron chi connectivity index (χ0n) is 12.1. The molecule has 0 radical (unpaired) electrons. The minimum atomic E-state index is 0.254. The Morgan fingerprint density at radius 1 is 1.20 bits per heavy atom. The molecule has 0 unspecified atom stereocenters. The molecule has 0 N–H and O–H groups in total. The first-order valence-corrected chi connectivity index (χ1v) is 6.23. The molecule has 0 aliphatic carbocycles. The van der Waals surface area contributed by atoms with E-state index in [-0.39, 0.29) is 5.54 Å². The molecule has 0 saturated carbocycles. The van der Waals surface area contributed by atoms with Crippen molar-refractivity contribution in [1.82, 2.24) is 4.90 Å². The molecule has 15 heavy (non-hydrogen) atoms. The van der Waals surface area contributed by atoms with Gasteiger partial charge in [0.25, 0.3) is 0 Å². The zero-order chi connectivity index (χ0) is 12.5. The van der Waals surface area contributed by atoms with Gasteiger partial charge in [-0.15, -0.1) is 0 Å². The number of hydrogen-bond donors (Lipinski definition) is 0. The molecule has 0 aromatic heterocycles. The lowest BCUT2D eigenvalue weighted by molar-refractivity contribution is 0.0419. The quantitative estimate of drug-likeness (QED) is 0.674. The molecule has 0 atom stereocenters. The van der Waals surface area contributed by atoms with Gasteiger partial charge in [0.2, 0.25) is 0 Å². The summed E-state index contributed by atoms with van der Waals surface area (Å²) in [4.78, 5) is 2.36. The van der Waals surface area contributed by atoms with E-state index in [1.807, 2.05) is 13.8 Å². The fourth-order valence-electron chi connectivity index (χ4n) is 1.16. The lowest BCUT2D eigenvalue weighted by Crippen LogP contribution is -2.41. The van der Waals surface area contributed by atoms with Gasteiger partial charge in [0, 0.05) is 12.1 Å². The monoisotopic (exact) mass is 217 g/mol. The molecular weight excluding hydrogens is 186 g/mol. The Bertz CT molecular complexity index is 132. The van der Waals surface area contributed by atoms with Crippen molar-refractivity contribution >= 4 is 0 Å². The van der Waals surface area contributed by atoms with E-state index >= 15 is 0 Å². The summed E-state index contributed by atoms with van der Waals surface area (Å²) in [6.07, 6.45) is 1.44. The van der Waals surface area contributed by atoms with Crippen LogP contribution in [0.15, 0.2) is 0 Å². The largest absolute Gasteiger partial charge is 0.379 e. The molecular formula is C13H31NO. The fraction of sp³-hybridized carbons (Fsp3) is 1.00. The standard InChI is InChI=1S/C11H25NO.C2H6/c1-7-12(6)11(4,5)8-9-13-10(2)3;1-2/h10H,7-9H2,1-6H3;1-2H3. The van der Waals surface area contributed by atoms with Crippen LogP contribution in [0.1, 0.15) is 54.9 Å². The van der Waals surface area contributed by atoms with Crippen molar-refractivity contribution in [3.63, 3.8) is 0 Å². The van der Waals surface area contributed by atoms with Crippen LogP contribution in [0.25, 0.3) is 0 Å². The molecule has 0 saturated heterocycles. The summed E-state index contributed by atoms with van der Waals surface area (Å²) in [5.74, 6) is 0. The molecule has 0 aromatic rings. The van der Waals surface area contributed by atoms with E-state index < -0.39 is 0 Å². The molecule has 0 heterocycles. The van der Waals surface area contributed by atoms with E-state index in [0.29, 0.717) is 6.10 Å². The molecule has 0 aromatic carbocycles. The SMILES string of the molecule is CC.CCN(C)C(C)(C)CCOC(C)C. The van der Waals surface area contributed by atoms with Gasteiger partial charge in [0.05, 0.1) is 6.10 Å². The van der Waals surface area contributed by atoms with Crippen LogP contribution in [0.2, 0.25) is 0 Å². The molecule has 94 valence electrons. The second kappa shape index (κ2) is 9.17. The van der Waals surface area contributed by atoms with Crippen molar-refractivity contribution in [2.45, 2.75) is 66.5 Å². The maximum atomic E-state index is 5.55. The van der Waals surface area contributed by atoms with Gasteiger partial charge >= 0.3 is 0 Å². The van der Waals surface area contributed by atoms with Crippen LogP contribution in [0.3, 0.4) is 0 Å². The van der Waals surface area contributed by atoms with E-state index in [2.05, 4.69) is 46.6 Å². The Hall–Kier alpha value is -0.0800. The van der Waals surface area contributed by atoms with Crippen LogP contribution < -0.4 is 0 Å². The predicted octanol–water partition coefficient (Wildman–Crippen LogP) is 3.56. The van der Waals surface area contributed by atoms with E-state index in [1.165, 1.54) is 0 Å². The number of nitrogens with zero attached hydrogens (tertiary/aromatic N) is 1. The fourth-order valence-corrected chi connectivity index (χ4v) is 1.16. The molecule has 0 aliphatic heterocycles. The Morgan fingerprint density at radius 3 is 2.00 bits per heavy atom. The Kier molecular flexibility index (Phi) is 10.6. The molecule has 0 spiro atoms. The molecule has 0 aliphatic rings. The molecule has 0 fully saturated rings. The maximum absolute atomic E-state index is 5.55. The van der Waals surface area contributed by atoms with Crippen LogP contribution in [-0.4, -0.2) is 36.7 Å². The third-order valence-corrected chi connectivity index (χ3v) is 2.67. The summed E-state index contributed by atoms with van der Waals surface area (Å²) in [5, 5.41) is 0. The third kappa shape index (κ3) is 8.88. The maximum Gasteiger partial charge on any atom is 0.0518 e. The van der Waals surface area contributed by atoms with Gasteiger partial charge in [-0.2, -0.15) is 0 Å². The van der Waals surface area contributed by atoms with E-state index in [0.717, 1.165) is 19.6 Å². The van der Waals surface area contributed by atoms with Crippen LogP contribution in [0, 0.1) is 0 Å². The van der Waals surface area contributed by atoms with Crippen LogP contribution in [0.4, 0.5) is 0 Å². The van der Waals surface area contributed by atoms with E-state index in [4.69, 9.17) is 4.74 Å². The van der Waals surface area contributed by atoms with Crippen LogP contribution >= 0.6 is 0 Å². The number of rotatable bonds is 6. The lowest BCUT2D eigenvalue weighted by atomic mass is 9.99. The first-order valence-electron chi connectivity index (χ1n) is 6.23. The van der Waals surface area contributed by atoms with Crippen LogP contribution in [0.5, 0.6) is 0 Å². The van der Waals surface area contributed by atoms with Crippen molar-refractivity contribution in [3.05, 3.63) is 0 Å². The Balaban J connectivity index is 0. The highest BCUT2D eigenvalue weighted by Crippen LogP contribution is 2.16. The predicted molar refractivity (Wildman–Crippen MR) is 69.4 cm³/mol. The summed E-state index contributed by atoms with van der Waals surface area (Å²) in [5.41, 5.74) is 0.254. The van der Waals surface area contributed by atoms with E-state index in [1.54, 1.807) is 0 Å². The van der Waals surface area contributed by atoms with E-state index in [9.17, 15) is 0 Å². The lowest BCUT2D eigenvalue weighted by Gasteiger charge is -2.35. The third-order valence-electron chi connectivity index (χ3n) is 2.67. The minimum absolute atomic E-state index is 0.254. The normalized spacial score (nSPS) is 11.6. The Labute approximate surface area is 97.0 Å². The van der Waals surface area contributed by atoms with Crippen molar-refractivity contribution < 1.29 is 4.74 Å². The van der Waals surface area contributed by atoms with Crippen molar-refractivity contribution in [3.8, 4) is 0 Å². The second-order valence-corrected chi connectivity index (χ2v) is 4.50. The van der Waals surface area contributed by atoms with Gasteiger partial charge in [-0.3, -0.25) is 0 Å². The number of ether oxygens (including phenoxy) is 1. The summed E-state index contributed by atoms with van der Waals surface area (Å²) in [6.45, 7) is 16.8. The average Bonchev–Trinajstić information content (AvgIpc) is 2.18. The minimum Gasteiger partial charge on any atom is -0.379 e. The van der Waals surface area contributed by atoms with Crippen molar-refractivity contribution in [2.75, 3.05) is 20.2 Å². The highest BCUT2D eigenvalue weighted by Gasteiger charge is 2.21. The average molecular weight is 217 g/mol. The second-order valence-electron chi connectivity index (χ2n) is 4.50. The highest BCUT2D eigenvalue weighted by molar-refractivity contribution is 4.77.